The number of benzene rings is 1. The maximum absolute atomic E-state index is 9.37. The van der Waals surface area contributed by atoms with Crippen molar-refractivity contribution in [2.24, 2.45) is 0 Å². The largest absolute Gasteiger partial charge is 0.496 e. The van der Waals surface area contributed by atoms with Gasteiger partial charge in [0, 0.05) is 5.56 Å². The molecular weight excluding hydrogens is 192 g/mol. The predicted molar refractivity (Wildman–Crippen MR) is 59.7 cm³/mol. The normalized spacial score (nSPS) is 15.2. The molecule has 0 saturated heterocycles. The molecular formula is C12H16O3. The summed E-state index contributed by atoms with van der Waals surface area (Å²) in [5.41, 5.74) is 0.875. The van der Waals surface area contributed by atoms with Gasteiger partial charge in [0.15, 0.2) is 0 Å². The predicted octanol–water partition coefficient (Wildman–Crippen LogP) is 1.45. The highest BCUT2D eigenvalue weighted by Gasteiger charge is 2.06. The van der Waals surface area contributed by atoms with Crippen LogP contribution in [0.5, 0.6) is 5.75 Å². The summed E-state index contributed by atoms with van der Waals surface area (Å²) in [7, 11) is 1.60. The van der Waals surface area contributed by atoms with Crippen LogP contribution in [0.3, 0.4) is 0 Å². The van der Waals surface area contributed by atoms with Crippen molar-refractivity contribution in [1.82, 2.24) is 0 Å². The van der Waals surface area contributed by atoms with E-state index in [0.29, 0.717) is 0 Å². The Hall–Kier alpha value is -1.32. The first-order chi connectivity index (χ1) is 7.15. The standard InChI is InChI=1S/C12H16O3/c1-9(13)11(14)8-7-10-5-3-4-6-12(10)15-2/h3-9,11,13-14H,1-2H3/b8-7+. The van der Waals surface area contributed by atoms with Crippen molar-refractivity contribution in [2.45, 2.75) is 19.1 Å². The van der Waals surface area contributed by atoms with Crippen LogP contribution in [0.25, 0.3) is 6.08 Å². The van der Waals surface area contributed by atoms with Crippen molar-refractivity contribution in [3.8, 4) is 5.75 Å². The third-order valence-corrected chi connectivity index (χ3v) is 2.11. The number of para-hydroxylation sites is 1. The zero-order chi connectivity index (χ0) is 11.3. The highest BCUT2D eigenvalue weighted by atomic mass is 16.5. The molecule has 3 heteroatoms. The number of aliphatic hydroxyl groups excluding tert-OH is 2. The van der Waals surface area contributed by atoms with Crippen LogP contribution >= 0.6 is 0 Å². The molecule has 0 aliphatic carbocycles. The lowest BCUT2D eigenvalue weighted by Crippen LogP contribution is -2.19. The third-order valence-electron chi connectivity index (χ3n) is 2.11. The Morgan fingerprint density at radius 1 is 1.27 bits per heavy atom. The van der Waals surface area contributed by atoms with Gasteiger partial charge < -0.3 is 14.9 Å². The maximum atomic E-state index is 9.37. The van der Waals surface area contributed by atoms with Crippen molar-refractivity contribution < 1.29 is 14.9 Å². The van der Waals surface area contributed by atoms with Gasteiger partial charge in [0.2, 0.25) is 0 Å². The van der Waals surface area contributed by atoms with E-state index >= 15 is 0 Å². The minimum atomic E-state index is -0.852. The van der Waals surface area contributed by atoms with Crippen LogP contribution in [-0.2, 0) is 0 Å². The fraction of sp³-hybridized carbons (Fsp3) is 0.333. The average Bonchev–Trinajstić information content (AvgIpc) is 2.26. The van der Waals surface area contributed by atoms with Crippen LogP contribution in [0.2, 0.25) is 0 Å². The molecule has 2 N–H and O–H groups in total. The Bertz CT molecular complexity index is 331. The van der Waals surface area contributed by atoms with Crippen LogP contribution in [0.1, 0.15) is 12.5 Å². The molecule has 0 saturated carbocycles. The molecule has 82 valence electrons. The lowest BCUT2D eigenvalue weighted by molar-refractivity contribution is 0.0624. The van der Waals surface area contributed by atoms with Gasteiger partial charge in [0.1, 0.15) is 5.75 Å². The van der Waals surface area contributed by atoms with E-state index < -0.39 is 12.2 Å². The van der Waals surface area contributed by atoms with Gasteiger partial charge in [-0.2, -0.15) is 0 Å². The molecule has 1 aromatic rings. The molecule has 0 aromatic heterocycles. The molecule has 2 unspecified atom stereocenters. The number of hydrogen-bond donors (Lipinski definition) is 2. The summed E-state index contributed by atoms with van der Waals surface area (Å²) in [5, 5.41) is 18.5. The van der Waals surface area contributed by atoms with E-state index in [2.05, 4.69) is 0 Å². The molecule has 0 radical (unpaired) electrons. The topological polar surface area (TPSA) is 49.7 Å². The van der Waals surface area contributed by atoms with Crippen molar-refractivity contribution >= 4 is 6.08 Å². The van der Waals surface area contributed by atoms with Gasteiger partial charge in [-0.1, -0.05) is 30.4 Å². The number of aliphatic hydroxyl groups is 2. The molecule has 0 amide bonds. The minimum absolute atomic E-state index is 0.742. The number of rotatable bonds is 4. The Morgan fingerprint density at radius 2 is 1.93 bits per heavy atom. The van der Waals surface area contributed by atoms with E-state index in [1.165, 1.54) is 6.92 Å². The second kappa shape index (κ2) is 5.53. The SMILES string of the molecule is COc1ccccc1/C=C/C(O)C(C)O. The summed E-state index contributed by atoms with van der Waals surface area (Å²) < 4.78 is 5.14. The van der Waals surface area contributed by atoms with Crippen molar-refractivity contribution in [1.29, 1.82) is 0 Å². The number of ether oxygens (including phenoxy) is 1. The van der Waals surface area contributed by atoms with Crippen LogP contribution in [0, 0.1) is 0 Å². The minimum Gasteiger partial charge on any atom is -0.496 e. The molecule has 0 heterocycles. The van der Waals surface area contributed by atoms with Crippen molar-refractivity contribution in [3.05, 3.63) is 35.9 Å². The fourth-order valence-corrected chi connectivity index (χ4v) is 1.17. The number of methoxy groups -OCH3 is 1. The van der Waals surface area contributed by atoms with E-state index in [0.717, 1.165) is 11.3 Å². The van der Waals surface area contributed by atoms with E-state index in [9.17, 15) is 5.11 Å². The highest BCUT2D eigenvalue weighted by Crippen LogP contribution is 2.18. The second-order valence-corrected chi connectivity index (χ2v) is 3.33. The zero-order valence-electron chi connectivity index (χ0n) is 8.92. The van der Waals surface area contributed by atoms with Gasteiger partial charge in [-0.15, -0.1) is 0 Å². The molecule has 15 heavy (non-hydrogen) atoms. The quantitative estimate of drug-likeness (QED) is 0.787. The summed E-state index contributed by atoms with van der Waals surface area (Å²) in [6.45, 7) is 1.54. The molecule has 1 aromatic carbocycles. The van der Waals surface area contributed by atoms with Crippen molar-refractivity contribution in [2.75, 3.05) is 7.11 Å². The molecule has 0 aliphatic heterocycles. The summed E-state index contributed by atoms with van der Waals surface area (Å²) in [5.74, 6) is 0.742. The Morgan fingerprint density at radius 3 is 2.53 bits per heavy atom. The average molecular weight is 208 g/mol. The van der Waals surface area contributed by atoms with E-state index in [1.54, 1.807) is 19.3 Å². The summed E-state index contributed by atoms with van der Waals surface area (Å²) in [4.78, 5) is 0. The second-order valence-electron chi connectivity index (χ2n) is 3.33. The van der Waals surface area contributed by atoms with Gasteiger partial charge in [-0.05, 0) is 13.0 Å². The van der Waals surface area contributed by atoms with Crippen molar-refractivity contribution in [3.63, 3.8) is 0 Å². The van der Waals surface area contributed by atoms with Crippen LogP contribution in [0.4, 0.5) is 0 Å². The lowest BCUT2D eigenvalue weighted by Gasteiger charge is -2.08. The molecule has 0 aliphatic rings. The molecule has 3 nitrogen and oxygen atoms in total. The Kier molecular flexibility index (Phi) is 4.34. The summed E-state index contributed by atoms with van der Waals surface area (Å²) >= 11 is 0. The summed E-state index contributed by atoms with van der Waals surface area (Å²) in [6.07, 6.45) is 1.66. The number of hydrogen-bond acceptors (Lipinski definition) is 3. The smallest absolute Gasteiger partial charge is 0.126 e. The molecule has 0 fully saturated rings. The fourth-order valence-electron chi connectivity index (χ4n) is 1.17. The molecule has 1 rings (SSSR count). The molecule has 0 bridgehead atoms. The van der Waals surface area contributed by atoms with E-state index in [1.807, 2.05) is 24.3 Å². The third kappa shape index (κ3) is 3.38. The van der Waals surface area contributed by atoms with Gasteiger partial charge >= 0.3 is 0 Å². The Labute approximate surface area is 89.6 Å². The molecule has 0 spiro atoms. The van der Waals surface area contributed by atoms with Crippen LogP contribution < -0.4 is 4.74 Å². The van der Waals surface area contributed by atoms with Crippen LogP contribution in [0.15, 0.2) is 30.3 Å². The maximum Gasteiger partial charge on any atom is 0.126 e. The monoisotopic (exact) mass is 208 g/mol. The first-order valence-electron chi connectivity index (χ1n) is 4.82. The lowest BCUT2D eigenvalue weighted by atomic mass is 10.1. The first kappa shape index (κ1) is 11.8. The molecule has 2 atom stereocenters. The van der Waals surface area contributed by atoms with E-state index in [4.69, 9.17) is 9.84 Å². The van der Waals surface area contributed by atoms with Crippen LogP contribution in [-0.4, -0.2) is 29.5 Å². The Balaban J connectivity index is 2.79. The first-order valence-corrected chi connectivity index (χ1v) is 4.82. The van der Waals surface area contributed by atoms with Gasteiger partial charge in [-0.3, -0.25) is 0 Å². The zero-order valence-corrected chi connectivity index (χ0v) is 8.92. The summed E-state index contributed by atoms with van der Waals surface area (Å²) in [6, 6.07) is 7.48. The van der Waals surface area contributed by atoms with Gasteiger partial charge in [0.05, 0.1) is 19.3 Å². The van der Waals surface area contributed by atoms with Gasteiger partial charge in [0.25, 0.3) is 0 Å². The van der Waals surface area contributed by atoms with E-state index in [-0.39, 0.29) is 0 Å². The van der Waals surface area contributed by atoms with Gasteiger partial charge in [-0.25, -0.2) is 0 Å². The highest BCUT2D eigenvalue weighted by molar-refractivity contribution is 5.57.